The molecule has 5 heteroatoms. The third-order valence-corrected chi connectivity index (χ3v) is 4.21. The van der Waals surface area contributed by atoms with E-state index in [2.05, 4.69) is 0 Å². The molecule has 0 amide bonds. The number of hydrogen-bond donors (Lipinski definition) is 1. The highest BCUT2D eigenvalue weighted by molar-refractivity contribution is 7.18. The molecular formula is C14H13NO3S. The Morgan fingerprint density at radius 1 is 1.32 bits per heavy atom. The van der Waals surface area contributed by atoms with Gasteiger partial charge in [0.1, 0.15) is 11.2 Å². The molecular weight excluding hydrogens is 262 g/mol. The van der Waals surface area contributed by atoms with Gasteiger partial charge in [-0.05, 0) is 18.1 Å². The zero-order chi connectivity index (χ0) is 14.0. The molecule has 4 nitrogen and oxygen atoms in total. The number of nitrogens with two attached hydrogens (primary N) is 1. The lowest BCUT2D eigenvalue weighted by Gasteiger charge is -2.00. The molecule has 2 aromatic rings. The average Bonchev–Trinajstić information content (AvgIpc) is 2.75. The number of carbonyl (C=O) groups is 2. The quantitative estimate of drug-likeness (QED) is 0.690. The van der Waals surface area contributed by atoms with Gasteiger partial charge < -0.3 is 10.5 Å². The molecule has 1 aromatic carbocycles. The molecule has 0 saturated heterocycles. The third kappa shape index (κ3) is 2.37. The fourth-order valence-electron chi connectivity index (χ4n) is 1.76. The number of nitrogen functional groups attached to an aromatic ring is 1. The van der Waals surface area contributed by atoms with Crippen molar-refractivity contribution >= 4 is 29.3 Å². The molecule has 1 heterocycles. The summed E-state index contributed by atoms with van der Waals surface area (Å²) >= 11 is 1.30. The van der Waals surface area contributed by atoms with E-state index in [9.17, 15) is 9.59 Å². The molecule has 0 bridgehead atoms. The number of aldehydes is 1. The molecule has 0 fully saturated rings. The smallest absolute Gasteiger partial charge is 0.350 e. The summed E-state index contributed by atoms with van der Waals surface area (Å²) in [6.45, 7) is 1.86. The first-order valence-electron chi connectivity index (χ1n) is 5.61. The highest BCUT2D eigenvalue weighted by Crippen LogP contribution is 2.38. The molecule has 0 aliphatic carbocycles. The number of carbonyl (C=O) groups excluding carboxylic acids is 2. The van der Waals surface area contributed by atoms with E-state index in [1.807, 2.05) is 19.1 Å². The Hall–Kier alpha value is -2.14. The number of benzene rings is 1. The Bertz CT molecular complexity index is 629. The van der Waals surface area contributed by atoms with Crippen LogP contribution in [0.3, 0.4) is 0 Å². The van der Waals surface area contributed by atoms with Crippen LogP contribution in [-0.4, -0.2) is 19.4 Å². The minimum absolute atomic E-state index is 0.412. The molecule has 0 saturated carbocycles. The first kappa shape index (κ1) is 13.3. The fourth-order valence-corrected chi connectivity index (χ4v) is 2.91. The van der Waals surface area contributed by atoms with Crippen molar-refractivity contribution in [3.63, 3.8) is 0 Å². The summed E-state index contributed by atoms with van der Waals surface area (Å²) < 4.78 is 4.70. The summed E-state index contributed by atoms with van der Waals surface area (Å²) in [4.78, 5) is 23.5. The zero-order valence-electron chi connectivity index (χ0n) is 10.6. The molecule has 2 N–H and O–H groups in total. The second-order valence-corrected chi connectivity index (χ2v) is 5.05. The number of rotatable bonds is 3. The first-order chi connectivity index (χ1) is 9.08. The van der Waals surface area contributed by atoms with Crippen molar-refractivity contribution in [3.8, 4) is 10.4 Å². The predicted octanol–water partition coefficient (Wildman–Crippen LogP) is 2.90. The third-order valence-electron chi connectivity index (χ3n) is 2.87. The standard InChI is InChI=1S/C14H13NO3S/c1-8-11(15)13(14(17)18-2)19-12(8)10-5-3-9(7-16)4-6-10/h3-7H,15H2,1-2H3. The maximum atomic E-state index is 11.6. The fraction of sp³-hybridized carbons (Fsp3) is 0.143. The monoisotopic (exact) mass is 275 g/mol. The van der Waals surface area contributed by atoms with Gasteiger partial charge >= 0.3 is 5.97 Å². The van der Waals surface area contributed by atoms with Crippen molar-refractivity contribution in [2.24, 2.45) is 0 Å². The second kappa shape index (κ2) is 5.24. The van der Waals surface area contributed by atoms with Crippen LogP contribution in [0.25, 0.3) is 10.4 Å². The largest absolute Gasteiger partial charge is 0.465 e. The van der Waals surface area contributed by atoms with Crippen molar-refractivity contribution in [1.82, 2.24) is 0 Å². The van der Waals surface area contributed by atoms with E-state index in [1.54, 1.807) is 12.1 Å². The zero-order valence-corrected chi connectivity index (χ0v) is 11.4. The van der Waals surface area contributed by atoms with Crippen LogP contribution in [0.2, 0.25) is 0 Å². The molecule has 0 unspecified atom stereocenters. The van der Waals surface area contributed by atoms with Gasteiger partial charge in [-0.2, -0.15) is 0 Å². The number of anilines is 1. The predicted molar refractivity (Wildman–Crippen MR) is 75.6 cm³/mol. The topological polar surface area (TPSA) is 69.4 Å². The van der Waals surface area contributed by atoms with Gasteiger partial charge in [-0.1, -0.05) is 24.3 Å². The molecule has 98 valence electrons. The Morgan fingerprint density at radius 2 is 1.95 bits per heavy atom. The van der Waals surface area contributed by atoms with Crippen LogP contribution in [-0.2, 0) is 4.74 Å². The molecule has 1 aromatic heterocycles. The number of methoxy groups -OCH3 is 1. The Morgan fingerprint density at radius 3 is 2.47 bits per heavy atom. The van der Waals surface area contributed by atoms with Gasteiger partial charge in [0.15, 0.2) is 0 Å². The number of ether oxygens (including phenoxy) is 1. The minimum atomic E-state index is -0.429. The SMILES string of the molecule is COC(=O)c1sc(-c2ccc(C=O)cc2)c(C)c1N. The molecule has 0 aliphatic heterocycles. The molecule has 19 heavy (non-hydrogen) atoms. The van der Waals surface area contributed by atoms with Gasteiger partial charge in [0.2, 0.25) is 0 Å². The van der Waals surface area contributed by atoms with E-state index in [4.69, 9.17) is 10.5 Å². The highest BCUT2D eigenvalue weighted by atomic mass is 32.1. The molecule has 2 rings (SSSR count). The lowest BCUT2D eigenvalue weighted by molar-refractivity contribution is 0.0607. The maximum Gasteiger partial charge on any atom is 0.350 e. The van der Waals surface area contributed by atoms with Crippen molar-refractivity contribution in [3.05, 3.63) is 40.3 Å². The lowest BCUT2D eigenvalue weighted by atomic mass is 10.1. The van der Waals surface area contributed by atoms with E-state index < -0.39 is 5.97 Å². The van der Waals surface area contributed by atoms with Crippen LogP contribution < -0.4 is 5.73 Å². The first-order valence-corrected chi connectivity index (χ1v) is 6.43. The van der Waals surface area contributed by atoms with E-state index >= 15 is 0 Å². The molecule has 0 spiro atoms. The van der Waals surface area contributed by atoms with Gasteiger partial charge in [0.05, 0.1) is 12.8 Å². The Kier molecular flexibility index (Phi) is 3.66. The maximum absolute atomic E-state index is 11.6. The Labute approximate surface area is 114 Å². The summed E-state index contributed by atoms with van der Waals surface area (Å²) in [7, 11) is 1.33. The molecule has 0 atom stereocenters. The normalized spacial score (nSPS) is 10.2. The van der Waals surface area contributed by atoms with Crippen molar-refractivity contribution in [2.45, 2.75) is 6.92 Å². The lowest BCUT2D eigenvalue weighted by Crippen LogP contribution is -2.01. The van der Waals surface area contributed by atoms with Gasteiger partial charge in [-0.15, -0.1) is 11.3 Å². The van der Waals surface area contributed by atoms with Crippen LogP contribution in [0.1, 0.15) is 25.6 Å². The van der Waals surface area contributed by atoms with Crippen molar-refractivity contribution in [1.29, 1.82) is 0 Å². The van der Waals surface area contributed by atoms with Crippen LogP contribution in [0.15, 0.2) is 24.3 Å². The summed E-state index contributed by atoms with van der Waals surface area (Å²) in [6.07, 6.45) is 0.791. The Balaban J connectivity index is 2.50. The summed E-state index contributed by atoms with van der Waals surface area (Å²) in [5.41, 5.74) is 8.76. The van der Waals surface area contributed by atoms with Crippen molar-refractivity contribution < 1.29 is 14.3 Å². The average molecular weight is 275 g/mol. The van der Waals surface area contributed by atoms with E-state index in [0.717, 1.165) is 22.3 Å². The van der Waals surface area contributed by atoms with Crippen LogP contribution in [0.4, 0.5) is 5.69 Å². The van der Waals surface area contributed by atoms with Gasteiger partial charge in [-0.25, -0.2) is 4.79 Å². The van der Waals surface area contributed by atoms with Gasteiger partial charge in [0.25, 0.3) is 0 Å². The summed E-state index contributed by atoms with van der Waals surface area (Å²) in [5.74, 6) is -0.429. The molecule has 0 aliphatic rings. The van der Waals surface area contributed by atoms with E-state index in [-0.39, 0.29) is 0 Å². The van der Waals surface area contributed by atoms with Crippen LogP contribution in [0, 0.1) is 6.92 Å². The summed E-state index contributed by atoms with van der Waals surface area (Å²) in [6, 6.07) is 7.14. The van der Waals surface area contributed by atoms with E-state index in [0.29, 0.717) is 16.1 Å². The summed E-state index contributed by atoms with van der Waals surface area (Å²) in [5, 5.41) is 0. The van der Waals surface area contributed by atoms with Crippen LogP contribution >= 0.6 is 11.3 Å². The van der Waals surface area contributed by atoms with Crippen LogP contribution in [0.5, 0.6) is 0 Å². The minimum Gasteiger partial charge on any atom is -0.465 e. The van der Waals surface area contributed by atoms with Crippen molar-refractivity contribution in [2.75, 3.05) is 12.8 Å². The van der Waals surface area contributed by atoms with Gasteiger partial charge in [0, 0.05) is 10.4 Å². The highest BCUT2D eigenvalue weighted by Gasteiger charge is 2.19. The number of esters is 1. The molecule has 0 radical (unpaired) electrons. The van der Waals surface area contributed by atoms with E-state index in [1.165, 1.54) is 18.4 Å². The second-order valence-electron chi connectivity index (χ2n) is 4.03. The number of thiophene rings is 1. The van der Waals surface area contributed by atoms with Gasteiger partial charge in [-0.3, -0.25) is 4.79 Å². The number of hydrogen-bond acceptors (Lipinski definition) is 5.